The molecule has 2 aromatic rings. The summed E-state index contributed by atoms with van der Waals surface area (Å²) in [5.41, 5.74) is 0.789. The SMILES string of the molecule is CCCNC(=NCc1ccc(OC(C)(C)C)nc1)NCCc1ccco1.I. The van der Waals surface area contributed by atoms with Gasteiger partial charge >= 0.3 is 0 Å². The predicted octanol–water partition coefficient (Wildman–Crippen LogP) is 4.16. The molecule has 0 saturated carbocycles. The third-order valence-electron chi connectivity index (χ3n) is 3.41. The molecule has 150 valence electrons. The molecule has 2 heterocycles. The van der Waals surface area contributed by atoms with E-state index in [1.54, 1.807) is 6.26 Å². The number of hydrogen-bond acceptors (Lipinski definition) is 4. The van der Waals surface area contributed by atoms with E-state index in [2.05, 4.69) is 27.5 Å². The first-order valence-corrected chi connectivity index (χ1v) is 9.15. The molecule has 7 heteroatoms. The van der Waals surface area contributed by atoms with Gasteiger partial charge in [0, 0.05) is 31.8 Å². The van der Waals surface area contributed by atoms with E-state index in [4.69, 9.17) is 9.15 Å². The van der Waals surface area contributed by atoms with E-state index in [0.29, 0.717) is 12.4 Å². The normalized spacial score (nSPS) is 11.6. The fourth-order valence-corrected chi connectivity index (χ4v) is 2.23. The molecule has 0 amide bonds. The number of rotatable bonds is 8. The fraction of sp³-hybridized carbons (Fsp3) is 0.500. The summed E-state index contributed by atoms with van der Waals surface area (Å²) in [7, 11) is 0. The molecule has 0 saturated heterocycles. The molecule has 0 aliphatic heterocycles. The lowest BCUT2D eigenvalue weighted by molar-refractivity contribution is 0.124. The van der Waals surface area contributed by atoms with Crippen LogP contribution in [0.4, 0.5) is 0 Å². The predicted molar refractivity (Wildman–Crippen MR) is 120 cm³/mol. The minimum absolute atomic E-state index is 0. The molecular formula is C20H31IN4O2. The summed E-state index contributed by atoms with van der Waals surface area (Å²) in [6.45, 7) is 10.4. The maximum Gasteiger partial charge on any atom is 0.213 e. The quantitative estimate of drug-likeness (QED) is 0.333. The van der Waals surface area contributed by atoms with Gasteiger partial charge in [0.15, 0.2) is 5.96 Å². The number of halogens is 1. The minimum atomic E-state index is -0.248. The molecule has 0 aromatic carbocycles. The molecule has 2 N–H and O–H groups in total. The van der Waals surface area contributed by atoms with Gasteiger partial charge in [-0.2, -0.15) is 0 Å². The van der Waals surface area contributed by atoms with E-state index in [0.717, 1.165) is 43.2 Å². The minimum Gasteiger partial charge on any atom is -0.472 e. The van der Waals surface area contributed by atoms with Crippen LogP contribution in [0, 0.1) is 0 Å². The summed E-state index contributed by atoms with van der Waals surface area (Å²) >= 11 is 0. The number of aliphatic imine (C=N–C) groups is 1. The maximum absolute atomic E-state index is 5.74. The van der Waals surface area contributed by atoms with Crippen molar-refractivity contribution in [2.24, 2.45) is 4.99 Å². The number of ether oxygens (including phenoxy) is 1. The summed E-state index contributed by atoms with van der Waals surface area (Å²) in [5.74, 6) is 2.39. The van der Waals surface area contributed by atoms with Crippen molar-refractivity contribution in [3.8, 4) is 5.88 Å². The van der Waals surface area contributed by atoms with Gasteiger partial charge in [-0.25, -0.2) is 9.98 Å². The highest BCUT2D eigenvalue weighted by Gasteiger charge is 2.12. The van der Waals surface area contributed by atoms with Gasteiger partial charge in [-0.05, 0) is 44.9 Å². The molecule has 2 aromatic heterocycles. The lowest BCUT2D eigenvalue weighted by Crippen LogP contribution is -2.38. The third-order valence-corrected chi connectivity index (χ3v) is 3.41. The Morgan fingerprint density at radius 3 is 2.56 bits per heavy atom. The van der Waals surface area contributed by atoms with Crippen LogP contribution in [-0.2, 0) is 13.0 Å². The Balaban J connectivity index is 0.00000364. The highest BCUT2D eigenvalue weighted by molar-refractivity contribution is 14.0. The van der Waals surface area contributed by atoms with Gasteiger partial charge in [0.05, 0.1) is 12.8 Å². The highest BCUT2D eigenvalue weighted by Crippen LogP contribution is 2.15. The smallest absolute Gasteiger partial charge is 0.213 e. The summed E-state index contributed by atoms with van der Waals surface area (Å²) in [6.07, 6.45) is 5.37. The van der Waals surface area contributed by atoms with Crippen molar-refractivity contribution in [3.05, 3.63) is 48.0 Å². The van der Waals surface area contributed by atoms with Crippen molar-refractivity contribution in [1.29, 1.82) is 0 Å². The van der Waals surface area contributed by atoms with Crippen LogP contribution in [0.1, 0.15) is 45.4 Å². The van der Waals surface area contributed by atoms with Crippen LogP contribution >= 0.6 is 24.0 Å². The van der Waals surface area contributed by atoms with Crippen LogP contribution in [0.5, 0.6) is 5.88 Å². The van der Waals surface area contributed by atoms with E-state index in [1.165, 1.54) is 0 Å². The first-order chi connectivity index (χ1) is 12.5. The monoisotopic (exact) mass is 486 g/mol. The van der Waals surface area contributed by atoms with E-state index in [1.807, 2.05) is 51.2 Å². The van der Waals surface area contributed by atoms with Gasteiger partial charge < -0.3 is 19.8 Å². The molecule has 27 heavy (non-hydrogen) atoms. The van der Waals surface area contributed by atoms with Crippen molar-refractivity contribution >= 4 is 29.9 Å². The van der Waals surface area contributed by atoms with E-state index >= 15 is 0 Å². The van der Waals surface area contributed by atoms with E-state index in [9.17, 15) is 0 Å². The largest absolute Gasteiger partial charge is 0.472 e. The Bertz CT molecular complexity index is 664. The Hall–Kier alpha value is -1.77. The number of pyridine rings is 1. The van der Waals surface area contributed by atoms with Crippen molar-refractivity contribution < 1.29 is 9.15 Å². The Morgan fingerprint density at radius 2 is 1.96 bits per heavy atom. The maximum atomic E-state index is 5.74. The van der Waals surface area contributed by atoms with E-state index in [-0.39, 0.29) is 29.6 Å². The lowest BCUT2D eigenvalue weighted by atomic mass is 10.2. The van der Waals surface area contributed by atoms with Crippen LogP contribution in [0.3, 0.4) is 0 Å². The zero-order valence-corrected chi connectivity index (χ0v) is 18.9. The van der Waals surface area contributed by atoms with Gasteiger partial charge in [-0.15, -0.1) is 24.0 Å². The second kappa shape index (κ2) is 11.8. The fourth-order valence-electron chi connectivity index (χ4n) is 2.23. The topological polar surface area (TPSA) is 71.7 Å². The molecule has 0 fully saturated rings. The second-order valence-electron chi connectivity index (χ2n) is 7.07. The highest BCUT2D eigenvalue weighted by atomic mass is 127. The molecular weight excluding hydrogens is 455 g/mol. The second-order valence-corrected chi connectivity index (χ2v) is 7.07. The lowest BCUT2D eigenvalue weighted by Gasteiger charge is -2.20. The van der Waals surface area contributed by atoms with Crippen LogP contribution in [0.2, 0.25) is 0 Å². The van der Waals surface area contributed by atoms with Crippen LogP contribution < -0.4 is 15.4 Å². The number of hydrogen-bond donors (Lipinski definition) is 2. The zero-order valence-electron chi connectivity index (χ0n) is 16.6. The van der Waals surface area contributed by atoms with Crippen LogP contribution in [0.25, 0.3) is 0 Å². The van der Waals surface area contributed by atoms with Gasteiger partial charge in [0.25, 0.3) is 0 Å². The van der Waals surface area contributed by atoms with Gasteiger partial charge in [-0.3, -0.25) is 0 Å². The summed E-state index contributed by atoms with van der Waals surface area (Å²) in [5, 5.41) is 6.66. The third kappa shape index (κ3) is 9.65. The molecule has 0 atom stereocenters. The van der Waals surface area contributed by atoms with Gasteiger partial charge in [0.2, 0.25) is 5.88 Å². The molecule has 0 spiro atoms. The molecule has 0 unspecified atom stereocenters. The summed E-state index contributed by atoms with van der Waals surface area (Å²) in [4.78, 5) is 8.99. The Labute approximate surface area is 179 Å². The van der Waals surface area contributed by atoms with Gasteiger partial charge in [-0.1, -0.05) is 13.0 Å². The molecule has 2 rings (SSSR count). The summed E-state index contributed by atoms with van der Waals surface area (Å²) < 4.78 is 11.1. The molecule has 0 radical (unpaired) electrons. The standard InChI is InChI=1S/C20H30N4O2.HI/c1-5-11-21-19(22-12-10-17-7-6-13-25-17)24-15-16-8-9-18(23-14-16)26-20(2,3)4;/h6-9,13-14H,5,10-12,15H2,1-4H3,(H2,21,22,24);1H. The number of guanidine groups is 1. The van der Waals surface area contributed by atoms with Crippen molar-refractivity contribution in [1.82, 2.24) is 15.6 Å². The number of nitrogens with one attached hydrogen (secondary N) is 2. The average molecular weight is 486 g/mol. The van der Waals surface area contributed by atoms with Gasteiger partial charge in [0.1, 0.15) is 11.4 Å². The molecule has 0 bridgehead atoms. The molecule has 0 aliphatic carbocycles. The number of furan rings is 1. The van der Waals surface area contributed by atoms with Crippen LogP contribution in [0.15, 0.2) is 46.1 Å². The first-order valence-electron chi connectivity index (χ1n) is 9.15. The first kappa shape index (κ1) is 23.3. The average Bonchev–Trinajstić information content (AvgIpc) is 3.10. The van der Waals surface area contributed by atoms with Crippen LogP contribution in [-0.4, -0.2) is 29.6 Å². The summed E-state index contributed by atoms with van der Waals surface area (Å²) in [6, 6.07) is 7.77. The zero-order chi connectivity index (χ0) is 18.8. The number of aromatic nitrogens is 1. The number of nitrogens with zero attached hydrogens (tertiary/aromatic N) is 2. The van der Waals surface area contributed by atoms with E-state index < -0.39 is 0 Å². The van der Waals surface area contributed by atoms with Crippen molar-refractivity contribution in [2.45, 2.75) is 52.7 Å². The Kier molecular flexibility index (Phi) is 10.2. The Morgan fingerprint density at radius 1 is 1.19 bits per heavy atom. The van der Waals surface area contributed by atoms with Crippen molar-refractivity contribution in [2.75, 3.05) is 13.1 Å². The molecule has 0 aliphatic rings. The van der Waals surface area contributed by atoms with Crippen molar-refractivity contribution in [3.63, 3.8) is 0 Å². The molecule has 6 nitrogen and oxygen atoms in total.